The van der Waals surface area contributed by atoms with Crippen molar-refractivity contribution in [3.05, 3.63) is 12.2 Å². The molecule has 2 aliphatic carbocycles. The summed E-state index contributed by atoms with van der Waals surface area (Å²) in [6.45, 7) is 6.76. The Morgan fingerprint density at radius 3 is 2.74 bits per heavy atom. The average Bonchev–Trinajstić information content (AvgIpc) is 2.85. The van der Waals surface area contributed by atoms with Gasteiger partial charge in [0.15, 0.2) is 5.60 Å². The lowest BCUT2D eigenvalue weighted by molar-refractivity contribution is -0.184. The summed E-state index contributed by atoms with van der Waals surface area (Å²) in [5.74, 6) is 1.62. The fraction of sp³-hybridized carbons (Fsp3) is 0.789. The maximum absolute atomic E-state index is 12.0. The van der Waals surface area contributed by atoms with Crippen LogP contribution in [-0.2, 0) is 19.1 Å². The summed E-state index contributed by atoms with van der Waals surface area (Å²) < 4.78 is 12.1. The van der Waals surface area contributed by atoms with Crippen LogP contribution < -0.4 is 0 Å². The van der Waals surface area contributed by atoms with E-state index in [1.165, 1.54) is 18.9 Å². The molecule has 0 aromatic heterocycles. The summed E-state index contributed by atoms with van der Waals surface area (Å²) in [7, 11) is 0. The Hall–Kier alpha value is -1.16. The maximum Gasteiger partial charge on any atom is 0.331 e. The first-order valence-electron chi connectivity index (χ1n) is 8.99. The third-order valence-electron chi connectivity index (χ3n) is 5.85. The molecule has 1 heterocycles. The number of hydrogen-bond donors (Lipinski definition) is 0. The molecule has 0 amide bonds. The van der Waals surface area contributed by atoms with Gasteiger partial charge in [-0.15, -0.1) is 0 Å². The zero-order chi connectivity index (χ0) is 16.6. The molecule has 0 N–H and O–H groups in total. The molecule has 2 fully saturated rings. The fourth-order valence-corrected chi connectivity index (χ4v) is 4.39. The second-order valence-corrected chi connectivity index (χ2v) is 7.94. The van der Waals surface area contributed by atoms with Crippen LogP contribution in [0.5, 0.6) is 0 Å². The molecule has 0 aromatic rings. The van der Waals surface area contributed by atoms with Gasteiger partial charge in [0, 0.05) is 25.3 Å². The third kappa shape index (κ3) is 3.37. The average molecular weight is 320 g/mol. The molecule has 5 atom stereocenters. The van der Waals surface area contributed by atoms with E-state index in [9.17, 15) is 9.59 Å². The molecule has 1 aliphatic heterocycles. The van der Waals surface area contributed by atoms with Crippen LogP contribution in [0, 0.1) is 17.8 Å². The Morgan fingerprint density at radius 1 is 1.30 bits per heavy atom. The first kappa shape index (κ1) is 16.7. The van der Waals surface area contributed by atoms with E-state index in [4.69, 9.17) is 9.47 Å². The quantitative estimate of drug-likeness (QED) is 0.748. The van der Waals surface area contributed by atoms with E-state index in [1.807, 2.05) is 6.08 Å². The topological polar surface area (TPSA) is 52.6 Å². The molecule has 0 unspecified atom stereocenters. The minimum atomic E-state index is -0.715. The molecule has 0 radical (unpaired) electrons. The normalized spacial score (nSPS) is 40.9. The molecule has 3 rings (SSSR count). The molecule has 4 nitrogen and oxygen atoms in total. The number of rotatable bonds is 3. The van der Waals surface area contributed by atoms with E-state index in [2.05, 4.69) is 20.8 Å². The first-order valence-corrected chi connectivity index (χ1v) is 8.99. The van der Waals surface area contributed by atoms with Gasteiger partial charge in [-0.1, -0.05) is 27.2 Å². The predicted octanol–water partition coefficient (Wildman–Crippen LogP) is 3.44. The molecular weight excluding hydrogens is 292 g/mol. The zero-order valence-electron chi connectivity index (χ0n) is 14.4. The van der Waals surface area contributed by atoms with E-state index in [1.54, 1.807) is 0 Å². The van der Waals surface area contributed by atoms with E-state index in [-0.39, 0.29) is 24.0 Å². The van der Waals surface area contributed by atoms with Crippen molar-refractivity contribution in [1.29, 1.82) is 0 Å². The smallest absolute Gasteiger partial charge is 0.331 e. The number of carbonyl (C=O) groups is 2. The lowest BCUT2D eigenvalue weighted by Crippen LogP contribution is -2.51. The van der Waals surface area contributed by atoms with Gasteiger partial charge in [0.1, 0.15) is 11.9 Å². The highest BCUT2D eigenvalue weighted by molar-refractivity contribution is 5.87. The zero-order valence-corrected chi connectivity index (χ0v) is 14.4. The van der Waals surface area contributed by atoms with Crippen LogP contribution in [0.1, 0.15) is 59.3 Å². The summed E-state index contributed by atoms with van der Waals surface area (Å²) in [5.41, 5.74) is -0.715. The number of carbonyl (C=O) groups excluding carboxylic acids is 2. The van der Waals surface area contributed by atoms with Crippen molar-refractivity contribution < 1.29 is 19.1 Å². The van der Waals surface area contributed by atoms with Gasteiger partial charge in [0.2, 0.25) is 0 Å². The number of ketones is 1. The number of esters is 1. The largest absolute Gasteiger partial charge is 0.449 e. The van der Waals surface area contributed by atoms with Gasteiger partial charge in [-0.25, -0.2) is 4.79 Å². The van der Waals surface area contributed by atoms with Gasteiger partial charge in [0.25, 0.3) is 0 Å². The lowest BCUT2D eigenvalue weighted by Gasteiger charge is -2.44. The number of ether oxygens (including phenoxy) is 2. The van der Waals surface area contributed by atoms with Crippen molar-refractivity contribution in [2.24, 2.45) is 17.8 Å². The minimum absolute atomic E-state index is 0.152. The van der Waals surface area contributed by atoms with E-state index in [0.29, 0.717) is 37.0 Å². The molecule has 2 saturated carbocycles. The van der Waals surface area contributed by atoms with Crippen LogP contribution in [0.3, 0.4) is 0 Å². The van der Waals surface area contributed by atoms with Crippen molar-refractivity contribution in [2.45, 2.75) is 77.1 Å². The van der Waals surface area contributed by atoms with Crippen LogP contribution in [0.2, 0.25) is 0 Å². The standard InChI is InChI=1S/C19H28O4/c1-12(2)15-5-4-13(3)10-16(15)22-17-11-14(20)6-8-19(17)9-7-18(21)23-19/h7,9,12-13,15-17H,4-6,8,10-11H2,1-3H3/t13-,15+,16-,17+,19+/m1/s1. The second-order valence-electron chi connectivity index (χ2n) is 7.94. The van der Waals surface area contributed by atoms with Crippen molar-refractivity contribution >= 4 is 11.8 Å². The van der Waals surface area contributed by atoms with Crippen LogP contribution >= 0.6 is 0 Å². The van der Waals surface area contributed by atoms with Gasteiger partial charge >= 0.3 is 5.97 Å². The van der Waals surface area contributed by atoms with Gasteiger partial charge < -0.3 is 9.47 Å². The van der Waals surface area contributed by atoms with Crippen LogP contribution in [-0.4, -0.2) is 29.6 Å². The van der Waals surface area contributed by atoms with Gasteiger partial charge in [-0.3, -0.25) is 4.79 Å². The second kappa shape index (κ2) is 6.39. The molecule has 1 spiro atoms. The Labute approximate surface area is 138 Å². The maximum atomic E-state index is 12.0. The predicted molar refractivity (Wildman–Crippen MR) is 86.8 cm³/mol. The van der Waals surface area contributed by atoms with Crippen molar-refractivity contribution in [3.8, 4) is 0 Å². The Kier molecular flexibility index (Phi) is 4.63. The molecule has 0 saturated heterocycles. The molecule has 0 aromatic carbocycles. The van der Waals surface area contributed by atoms with Crippen LogP contribution in [0.25, 0.3) is 0 Å². The number of hydrogen-bond acceptors (Lipinski definition) is 4. The highest BCUT2D eigenvalue weighted by Crippen LogP contribution is 2.42. The lowest BCUT2D eigenvalue weighted by atomic mass is 9.74. The minimum Gasteiger partial charge on any atom is -0.449 e. The monoisotopic (exact) mass is 320 g/mol. The first-order chi connectivity index (χ1) is 10.9. The van der Waals surface area contributed by atoms with E-state index >= 15 is 0 Å². The van der Waals surface area contributed by atoms with Gasteiger partial charge in [-0.2, -0.15) is 0 Å². The summed E-state index contributed by atoms with van der Waals surface area (Å²) in [6, 6.07) is 0. The van der Waals surface area contributed by atoms with E-state index < -0.39 is 5.60 Å². The summed E-state index contributed by atoms with van der Waals surface area (Å²) >= 11 is 0. The molecule has 4 heteroatoms. The third-order valence-corrected chi connectivity index (χ3v) is 5.85. The molecule has 23 heavy (non-hydrogen) atoms. The van der Waals surface area contributed by atoms with Crippen LogP contribution in [0.4, 0.5) is 0 Å². The summed E-state index contributed by atoms with van der Waals surface area (Å²) in [6.07, 6.45) is 7.94. The Bertz CT molecular complexity index is 509. The van der Waals surface area contributed by atoms with E-state index in [0.717, 1.165) is 6.42 Å². The number of Topliss-reactive ketones (excluding diaryl/α,β-unsaturated/α-hetero) is 1. The Balaban J connectivity index is 1.78. The van der Waals surface area contributed by atoms with Crippen molar-refractivity contribution in [3.63, 3.8) is 0 Å². The summed E-state index contributed by atoms with van der Waals surface area (Å²) in [4.78, 5) is 23.6. The van der Waals surface area contributed by atoms with Crippen molar-refractivity contribution in [2.75, 3.05) is 0 Å². The SMILES string of the molecule is CC(C)[C@@H]1CC[C@@H](C)C[C@H]1O[C@H]1CC(=O)CC[C@]12C=CC(=O)O2. The summed E-state index contributed by atoms with van der Waals surface area (Å²) in [5, 5.41) is 0. The highest BCUT2D eigenvalue weighted by atomic mass is 16.6. The molecule has 3 aliphatic rings. The van der Waals surface area contributed by atoms with Crippen LogP contribution in [0.15, 0.2) is 12.2 Å². The Morgan fingerprint density at radius 2 is 2.09 bits per heavy atom. The highest BCUT2D eigenvalue weighted by Gasteiger charge is 2.49. The van der Waals surface area contributed by atoms with Gasteiger partial charge in [-0.05, 0) is 36.7 Å². The molecular formula is C19H28O4. The van der Waals surface area contributed by atoms with Crippen molar-refractivity contribution in [1.82, 2.24) is 0 Å². The molecule has 0 bridgehead atoms. The molecule has 128 valence electrons. The fourth-order valence-electron chi connectivity index (χ4n) is 4.39. The van der Waals surface area contributed by atoms with Gasteiger partial charge in [0.05, 0.1) is 6.10 Å².